The number of nitrogens with one attached hydrogen (secondary N) is 1. The fourth-order valence-electron chi connectivity index (χ4n) is 1.76. The third-order valence-electron chi connectivity index (χ3n) is 2.67. The van der Waals surface area contributed by atoms with E-state index in [0.29, 0.717) is 17.3 Å². The SMILES string of the molecule is O=C(NCc1cccc(Cl)c1)c1cn2ccsc2n1. The van der Waals surface area contributed by atoms with Crippen LogP contribution < -0.4 is 5.32 Å². The third kappa shape index (κ3) is 2.62. The average molecular weight is 292 g/mol. The molecule has 6 heteroatoms. The molecule has 1 N–H and O–H groups in total. The van der Waals surface area contributed by atoms with E-state index in [1.165, 1.54) is 11.3 Å². The first kappa shape index (κ1) is 12.2. The molecule has 3 aromatic rings. The van der Waals surface area contributed by atoms with Crippen molar-refractivity contribution < 1.29 is 4.79 Å². The fraction of sp³-hybridized carbons (Fsp3) is 0.0769. The largest absolute Gasteiger partial charge is 0.347 e. The molecule has 0 aliphatic heterocycles. The number of amides is 1. The summed E-state index contributed by atoms with van der Waals surface area (Å²) in [6.07, 6.45) is 3.60. The maximum absolute atomic E-state index is 12.0. The van der Waals surface area contributed by atoms with Gasteiger partial charge < -0.3 is 5.32 Å². The molecule has 0 aliphatic carbocycles. The minimum Gasteiger partial charge on any atom is -0.347 e. The second kappa shape index (κ2) is 5.03. The maximum atomic E-state index is 12.0. The van der Waals surface area contributed by atoms with Crippen LogP contribution in [-0.2, 0) is 6.54 Å². The van der Waals surface area contributed by atoms with E-state index in [9.17, 15) is 4.79 Å². The van der Waals surface area contributed by atoms with Crippen LogP contribution in [0.25, 0.3) is 4.96 Å². The van der Waals surface area contributed by atoms with E-state index < -0.39 is 0 Å². The van der Waals surface area contributed by atoms with Crippen LogP contribution in [-0.4, -0.2) is 15.3 Å². The van der Waals surface area contributed by atoms with Gasteiger partial charge in [-0.2, -0.15) is 0 Å². The van der Waals surface area contributed by atoms with Crippen molar-refractivity contribution in [2.24, 2.45) is 0 Å². The Morgan fingerprint density at radius 2 is 2.37 bits per heavy atom. The predicted molar refractivity (Wildman–Crippen MR) is 75.7 cm³/mol. The highest BCUT2D eigenvalue weighted by Gasteiger charge is 2.10. The Morgan fingerprint density at radius 1 is 1.47 bits per heavy atom. The van der Waals surface area contributed by atoms with Gasteiger partial charge in [0.2, 0.25) is 0 Å². The van der Waals surface area contributed by atoms with E-state index >= 15 is 0 Å². The lowest BCUT2D eigenvalue weighted by Gasteiger charge is -2.03. The molecule has 1 aromatic carbocycles. The highest BCUT2D eigenvalue weighted by Crippen LogP contribution is 2.12. The Labute approximate surface area is 118 Å². The number of halogens is 1. The Bertz CT molecular complexity index is 706. The zero-order valence-corrected chi connectivity index (χ0v) is 11.4. The number of thiazole rings is 1. The summed E-state index contributed by atoms with van der Waals surface area (Å²) >= 11 is 7.39. The van der Waals surface area contributed by atoms with Gasteiger partial charge in [-0.1, -0.05) is 23.7 Å². The summed E-state index contributed by atoms with van der Waals surface area (Å²) < 4.78 is 1.83. The number of hydrogen-bond acceptors (Lipinski definition) is 3. The molecule has 0 radical (unpaired) electrons. The Kier molecular flexibility index (Phi) is 3.23. The fourth-order valence-corrected chi connectivity index (χ4v) is 2.67. The second-order valence-corrected chi connectivity index (χ2v) is 5.34. The molecule has 0 bridgehead atoms. The van der Waals surface area contributed by atoms with E-state index in [1.807, 2.05) is 34.2 Å². The van der Waals surface area contributed by atoms with Crippen LogP contribution in [0.4, 0.5) is 0 Å². The van der Waals surface area contributed by atoms with E-state index in [-0.39, 0.29) is 5.91 Å². The minimum absolute atomic E-state index is 0.184. The summed E-state index contributed by atoms with van der Waals surface area (Å²) in [6, 6.07) is 7.40. The smallest absolute Gasteiger partial charge is 0.271 e. The third-order valence-corrected chi connectivity index (χ3v) is 3.67. The van der Waals surface area contributed by atoms with E-state index in [1.54, 1.807) is 12.3 Å². The number of carbonyl (C=O) groups is 1. The van der Waals surface area contributed by atoms with Crippen LogP contribution >= 0.6 is 22.9 Å². The van der Waals surface area contributed by atoms with Crippen molar-refractivity contribution in [1.29, 1.82) is 0 Å². The molecule has 0 fully saturated rings. The summed E-state index contributed by atoms with van der Waals surface area (Å²) in [5.74, 6) is -0.184. The molecule has 19 heavy (non-hydrogen) atoms. The first-order chi connectivity index (χ1) is 9.22. The average Bonchev–Trinajstić information content (AvgIpc) is 2.96. The van der Waals surface area contributed by atoms with Gasteiger partial charge in [-0.25, -0.2) is 4.98 Å². The van der Waals surface area contributed by atoms with Crippen molar-refractivity contribution in [2.75, 3.05) is 0 Å². The van der Waals surface area contributed by atoms with Crippen LogP contribution in [0.5, 0.6) is 0 Å². The number of imidazole rings is 1. The van der Waals surface area contributed by atoms with E-state index in [4.69, 9.17) is 11.6 Å². The summed E-state index contributed by atoms with van der Waals surface area (Å²) in [7, 11) is 0. The number of carbonyl (C=O) groups excluding carboxylic acids is 1. The number of rotatable bonds is 3. The summed E-state index contributed by atoms with van der Waals surface area (Å²) in [6.45, 7) is 0.435. The highest BCUT2D eigenvalue weighted by molar-refractivity contribution is 7.15. The molecule has 0 saturated carbocycles. The topological polar surface area (TPSA) is 46.4 Å². The van der Waals surface area contributed by atoms with Gasteiger partial charge in [-0.3, -0.25) is 9.20 Å². The first-order valence-electron chi connectivity index (χ1n) is 5.67. The molecule has 0 atom stereocenters. The molecular weight excluding hydrogens is 282 g/mol. The van der Waals surface area contributed by atoms with Crippen molar-refractivity contribution in [3.63, 3.8) is 0 Å². The number of nitrogens with zero attached hydrogens (tertiary/aromatic N) is 2. The molecule has 0 spiro atoms. The molecule has 3 rings (SSSR count). The van der Waals surface area contributed by atoms with Gasteiger partial charge in [0.25, 0.3) is 5.91 Å². The van der Waals surface area contributed by atoms with Crippen LogP contribution in [0.15, 0.2) is 42.0 Å². The van der Waals surface area contributed by atoms with Gasteiger partial charge in [-0.05, 0) is 17.7 Å². The lowest BCUT2D eigenvalue weighted by molar-refractivity contribution is 0.0946. The van der Waals surface area contributed by atoms with Gasteiger partial charge >= 0.3 is 0 Å². The van der Waals surface area contributed by atoms with E-state index in [2.05, 4.69) is 10.3 Å². The predicted octanol–water partition coefficient (Wildman–Crippen LogP) is 2.98. The maximum Gasteiger partial charge on any atom is 0.271 e. The molecular formula is C13H10ClN3OS. The van der Waals surface area contributed by atoms with Crippen molar-refractivity contribution in [3.8, 4) is 0 Å². The van der Waals surface area contributed by atoms with Crippen LogP contribution in [0.3, 0.4) is 0 Å². The number of fused-ring (bicyclic) bond motifs is 1. The molecule has 2 heterocycles. The second-order valence-electron chi connectivity index (χ2n) is 4.03. The zero-order valence-electron chi connectivity index (χ0n) is 9.84. The standard InChI is InChI=1S/C13H10ClN3OS/c14-10-3-1-2-9(6-10)7-15-12(18)11-8-17-4-5-19-13(17)16-11/h1-6,8H,7H2,(H,15,18). The van der Waals surface area contributed by atoms with Crippen molar-refractivity contribution in [2.45, 2.75) is 6.54 Å². The minimum atomic E-state index is -0.184. The quantitative estimate of drug-likeness (QED) is 0.806. The molecule has 2 aromatic heterocycles. The van der Waals surface area contributed by atoms with Gasteiger partial charge in [0, 0.05) is 29.3 Å². The number of aromatic nitrogens is 2. The Hall–Kier alpha value is -1.85. The molecule has 0 unspecified atom stereocenters. The van der Waals surface area contributed by atoms with Gasteiger partial charge in [-0.15, -0.1) is 11.3 Å². The Balaban J connectivity index is 1.70. The van der Waals surface area contributed by atoms with Crippen LogP contribution in [0.2, 0.25) is 5.02 Å². The van der Waals surface area contributed by atoms with Gasteiger partial charge in [0.05, 0.1) is 0 Å². The highest BCUT2D eigenvalue weighted by atomic mass is 35.5. The number of hydrogen-bond donors (Lipinski definition) is 1. The molecule has 96 valence electrons. The lowest BCUT2D eigenvalue weighted by Crippen LogP contribution is -2.23. The first-order valence-corrected chi connectivity index (χ1v) is 6.93. The summed E-state index contributed by atoms with van der Waals surface area (Å²) in [5, 5.41) is 5.41. The molecule has 0 saturated heterocycles. The normalized spacial score (nSPS) is 10.8. The van der Waals surface area contributed by atoms with Crippen molar-refractivity contribution in [3.05, 3.63) is 58.3 Å². The van der Waals surface area contributed by atoms with Crippen molar-refractivity contribution >= 4 is 33.8 Å². The van der Waals surface area contributed by atoms with Gasteiger partial charge in [0.15, 0.2) is 4.96 Å². The Morgan fingerprint density at radius 3 is 3.16 bits per heavy atom. The van der Waals surface area contributed by atoms with Crippen molar-refractivity contribution in [1.82, 2.24) is 14.7 Å². The summed E-state index contributed by atoms with van der Waals surface area (Å²) in [4.78, 5) is 17.0. The molecule has 1 amide bonds. The molecule has 0 aliphatic rings. The lowest BCUT2D eigenvalue weighted by atomic mass is 10.2. The van der Waals surface area contributed by atoms with Crippen LogP contribution in [0.1, 0.15) is 16.1 Å². The summed E-state index contributed by atoms with van der Waals surface area (Å²) in [5.41, 5.74) is 1.38. The van der Waals surface area contributed by atoms with Gasteiger partial charge in [0.1, 0.15) is 5.69 Å². The monoisotopic (exact) mass is 291 g/mol. The van der Waals surface area contributed by atoms with E-state index in [0.717, 1.165) is 10.5 Å². The van der Waals surface area contributed by atoms with Crippen LogP contribution in [0, 0.1) is 0 Å². The number of benzene rings is 1. The molecule has 4 nitrogen and oxygen atoms in total. The zero-order chi connectivity index (χ0) is 13.2.